The summed E-state index contributed by atoms with van der Waals surface area (Å²) in [7, 11) is 0. The second kappa shape index (κ2) is 8.60. The van der Waals surface area contributed by atoms with Gasteiger partial charge in [0.1, 0.15) is 11.5 Å². The molecule has 0 saturated carbocycles. The van der Waals surface area contributed by atoms with E-state index < -0.39 is 11.7 Å². The van der Waals surface area contributed by atoms with E-state index in [1.165, 1.54) is 0 Å². The van der Waals surface area contributed by atoms with E-state index in [2.05, 4.69) is 24.5 Å². The number of fused-ring (bicyclic) bond motifs is 1. The Balaban J connectivity index is 1.55. The Kier molecular flexibility index (Phi) is 5.74. The summed E-state index contributed by atoms with van der Waals surface area (Å²) in [6.45, 7) is 4.20. The van der Waals surface area contributed by atoms with Crippen molar-refractivity contribution in [3.8, 4) is 11.5 Å². The summed E-state index contributed by atoms with van der Waals surface area (Å²) in [5, 5.41) is 7.94. The van der Waals surface area contributed by atoms with Gasteiger partial charge in [-0.05, 0) is 55.9 Å². The van der Waals surface area contributed by atoms with Gasteiger partial charge in [0.15, 0.2) is 10.8 Å². The Labute approximate surface area is 209 Å². The third kappa shape index (κ3) is 4.48. The summed E-state index contributed by atoms with van der Waals surface area (Å²) in [5.74, 6) is 0.609. The largest absolute Gasteiger partial charge is 0.468 e. The van der Waals surface area contributed by atoms with Crippen LogP contribution in [0.5, 0.6) is 11.5 Å². The second-order valence-corrected chi connectivity index (χ2v) is 10.3. The number of thiocarbonyl (C=S) groups is 1. The fourth-order valence-corrected chi connectivity index (χ4v) is 5.68. The fourth-order valence-electron chi connectivity index (χ4n) is 4.95. The normalized spacial score (nSPS) is 22.7. The van der Waals surface area contributed by atoms with Gasteiger partial charge < -0.3 is 20.1 Å². The van der Waals surface area contributed by atoms with Gasteiger partial charge >= 0.3 is 5.97 Å². The predicted octanol–water partition coefficient (Wildman–Crippen LogP) is 5.82. The van der Waals surface area contributed by atoms with Crippen LogP contribution in [0.2, 0.25) is 5.02 Å². The molecule has 2 heterocycles. The first-order valence-corrected chi connectivity index (χ1v) is 12.0. The summed E-state index contributed by atoms with van der Waals surface area (Å²) >= 11 is 12.2. The van der Waals surface area contributed by atoms with Crippen molar-refractivity contribution < 1.29 is 14.3 Å². The second-order valence-electron chi connectivity index (χ2n) is 9.47. The molecule has 0 bridgehead atoms. The lowest BCUT2D eigenvalue weighted by molar-refractivity contribution is -0.0128. The van der Waals surface area contributed by atoms with Gasteiger partial charge in [0, 0.05) is 41.0 Å². The quantitative estimate of drug-likeness (QED) is 0.273. The molecule has 1 spiro atoms. The van der Waals surface area contributed by atoms with Crippen LogP contribution in [0.1, 0.15) is 54.1 Å². The molecule has 1 saturated heterocycles. The molecule has 2 N–H and O–H groups in total. The zero-order valence-corrected chi connectivity index (χ0v) is 20.5. The molecule has 1 fully saturated rings. The van der Waals surface area contributed by atoms with Gasteiger partial charge in [-0.15, -0.1) is 0 Å². The molecule has 0 amide bonds. The van der Waals surface area contributed by atoms with Gasteiger partial charge in [-0.2, -0.15) is 0 Å². The first kappa shape index (κ1) is 22.7. The number of carbonyl (C=O) groups is 1. The van der Waals surface area contributed by atoms with Crippen molar-refractivity contribution in [2.45, 2.75) is 43.9 Å². The molecule has 2 aliphatic rings. The Morgan fingerprint density at radius 3 is 2.50 bits per heavy atom. The molecule has 7 heteroatoms. The number of ether oxygens (including phenoxy) is 2. The lowest BCUT2D eigenvalue weighted by atomic mass is 9.77. The average Bonchev–Trinajstić information content (AvgIpc) is 2.77. The Morgan fingerprint density at radius 1 is 1.03 bits per heavy atom. The lowest BCUT2D eigenvalue weighted by Crippen LogP contribution is -2.69. The molecule has 2 aliphatic heterocycles. The number of halogens is 1. The molecule has 2 atom stereocenters. The van der Waals surface area contributed by atoms with E-state index in [0.29, 0.717) is 40.0 Å². The van der Waals surface area contributed by atoms with Crippen molar-refractivity contribution in [3.05, 3.63) is 94.5 Å². The topological polar surface area (TPSA) is 59.6 Å². The standard InChI is InChI=1S/C27H25ClN2O3S/c1-26(2)16-27(30-25(34)29-26)15-21(19-10-6-7-11-22(19)28)20-13-12-18(14-23(20)33-27)32-24(31)17-8-4-3-5-9-17/h3-14,21H,15-16H2,1-2H3,(H2,29,30,34)/t21-,27-/m1/s1. The Bertz CT molecular complexity index is 1260. The van der Waals surface area contributed by atoms with E-state index in [1.54, 1.807) is 36.4 Å². The minimum Gasteiger partial charge on any atom is -0.468 e. The average molecular weight is 493 g/mol. The minimum absolute atomic E-state index is 0.0273. The molecule has 0 unspecified atom stereocenters. The number of rotatable bonds is 3. The molecule has 5 nitrogen and oxygen atoms in total. The van der Waals surface area contributed by atoms with E-state index in [0.717, 1.165) is 11.1 Å². The highest BCUT2D eigenvalue weighted by Gasteiger charge is 2.49. The number of hydrogen-bond acceptors (Lipinski definition) is 4. The van der Waals surface area contributed by atoms with Crippen molar-refractivity contribution in [2.24, 2.45) is 0 Å². The van der Waals surface area contributed by atoms with Gasteiger partial charge in [0.05, 0.1) is 5.56 Å². The van der Waals surface area contributed by atoms with Crippen LogP contribution in [0.25, 0.3) is 0 Å². The first-order chi connectivity index (χ1) is 16.2. The summed E-state index contributed by atoms with van der Waals surface area (Å²) in [6.07, 6.45) is 1.33. The van der Waals surface area contributed by atoms with E-state index in [4.69, 9.17) is 33.3 Å². The maximum atomic E-state index is 12.6. The van der Waals surface area contributed by atoms with Gasteiger partial charge in [-0.25, -0.2) is 4.79 Å². The van der Waals surface area contributed by atoms with E-state index in [9.17, 15) is 4.79 Å². The van der Waals surface area contributed by atoms with E-state index in [1.807, 2.05) is 36.4 Å². The van der Waals surface area contributed by atoms with Crippen LogP contribution in [0.4, 0.5) is 0 Å². The smallest absolute Gasteiger partial charge is 0.343 e. The summed E-state index contributed by atoms with van der Waals surface area (Å²) in [5.41, 5.74) is 1.50. The third-order valence-corrected chi connectivity index (χ3v) is 6.77. The molecule has 5 rings (SSSR count). The first-order valence-electron chi connectivity index (χ1n) is 11.2. The third-order valence-electron chi connectivity index (χ3n) is 6.22. The van der Waals surface area contributed by atoms with Crippen LogP contribution < -0.4 is 20.1 Å². The van der Waals surface area contributed by atoms with Crippen LogP contribution in [0, 0.1) is 0 Å². The van der Waals surface area contributed by atoms with Crippen LogP contribution in [-0.2, 0) is 0 Å². The zero-order valence-electron chi connectivity index (χ0n) is 18.9. The highest BCUT2D eigenvalue weighted by atomic mass is 35.5. The molecule has 3 aromatic rings. The van der Waals surface area contributed by atoms with Gasteiger partial charge in [0.2, 0.25) is 0 Å². The highest BCUT2D eigenvalue weighted by Crippen LogP contribution is 2.49. The fraction of sp³-hybridized carbons (Fsp3) is 0.259. The Hall–Kier alpha value is -3.09. The van der Waals surface area contributed by atoms with Gasteiger partial charge in [-0.3, -0.25) is 0 Å². The highest BCUT2D eigenvalue weighted by molar-refractivity contribution is 7.80. The molecule has 3 aromatic carbocycles. The Morgan fingerprint density at radius 2 is 1.76 bits per heavy atom. The van der Waals surface area contributed by atoms with Crippen LogP contribution >= 0.6 is 23.8 Å². The van der Waals surface area contributed by atoms with Crippen molar-refractivity contribution in [1.29, 1.82) is 0 Å². The van der Waals surface area contributed by atoms with Gasteiger partial charge in [-0.1, -0.05) is 54.1 Å². The summed E-state index contributed by atoms with van der Waals surface area (Å²) in [6, 6.07) is 22.3. The summed E-state index contributed by atoms with van der Waals surface area (Å²) in [4.78, 5) is 12.6. The van der Waals surface area contributed by atoms with Crippen molar-refractivity contribution in [2.75, 3.05) is 0 Å². The maximum Gasteiger partial charge on any atom is 0.343 e. The van der Waals surface area contributed by atoms with Crippen LogP contribution in [-0.4, -0.2) is 22.3 Å². The SMILES string of the molecule is CC1(C)C[C@]2(C[C@H](c3ccccc3Cl)c3ccc(OC(=O)c4ccccc4)cc3O2)NC(=S)N1. The molecule has 0 aromatic heterocycles. The number of nitrogens with one attached hydrogen (secondary N) is 2. The number of hydrogen-bond donors (Lipinski definition) is 2. The van der Waals surface area contributed by atoms with E-state index >= 15 is 0 Å². The van der Waals surface area contributed by atoms with Crippen molar-refractivity contribution in [3.63, 3.8) is 0 Å². The molecule has 174 valence electrons. The number of carbonyl (C=O) groups excluding carboxylic acids is 1. The van der Waals surface area contributed by atoms with Crippen molar-refractivity contribution in [1.82, 2.24) is 10.6 Å². The monoisotopic (exact) mass is 492 g/mol. The molecule has 34 heavy (non-hydrogen) atoms. The summed E-state index contributed by atoms with van der Waals surface area (Å²) < 4.78 is 12.3. The molecular formula is C27H25ClN2O3S. The van der Waals surface area contributed by atoms with Crippen molar-refractivity contribution >= 4 is 34.9 Å². The maximum absolute atomic E-state index is 12.6. The van der Waals surface area contributed by atoms with Gasteiger partial charge in [0.25, 0.3) is 0 Å². The number of esters is 1. The lowest BCUT2D eigenvalue weighted by Gasteiger charge is -2.50. The molecule has 0 radical (unpaired) electrons. The molecule has 0 aliphatic carbocycles. The zero-order chi connectivity index (χ0) is 23.9. The number of benzene rings is 3. The van der Waals surface area contributed by atoms with E-state index in [-0.39, 0.29) is 11.5 Å². The van der Waals surface area contributed by atoms with Crippen LogP contribution in [0.3, 0.4) is 0 Å². The minimum atomic E-state index is -0.731. The predicted molar refractivity (Wildman–Crippen MR) is 137 cm³/mol. The van der Waals surface area contributed by atoms with Crippen LogP contribution in [0.15, 0.2) is 72.8 Å². The molecular weight excluding hydrogens is 468 g/mol.